The molecule has 0 N–H and O–H groups in total. The zero-order valence-electron chi connectivity index (χ0n) is 29.9. The van der Waals surface area contributed by atoms with E-state index < -0.39 is 0 Å². The summed E-state index contributed by atoms with van der Waals surface area (Å²) in [5.74, 6) is 1.82. The second-order valence-electron chi connectivity index (χ2n) is 13.8. The van der Waals surface area contributed by atoms with E-state index in [9.17, 15) is 0 Å². The molecule has 0 saturated carbocycles. The van der Waals surface area contributed by atoms with Gasteiger partial charge in [-0.25, -0.2) is 15.0 Å². The van der Waals surface area contributed by atoms with Gasteiger partial charge in [-0.2, -0.15) is 0 Å². The summed E-state index contributed by atoms with van der Waals surface area (Å²) in [5.41, 5.74) is 10.9. The molecular formula is C50H30N4OS. The Balaban J connectivity index is 1.05. The minimum Gasteiger partial charge on any atom is -0.455 e. The van der Waals surface area contributed by atoms with Crippen molar-refractivity contribution in [2.24, 2.45) is 0 Å². The molecule has 0 fully saturated rings. The normalized spacial score (nSPS) is 11.6. The number of pyridine rings is 1. The summed E-state index contributed by atoms with van der Waals surface area (Å²) in [6, 6.07) is 58.8. The van der Waals surface area contributed by atoms with Gasteiger partial charge in [-0.05, 0) is 41.0 Å². The molecule has 0 bridgehead atoms. The third-order valence-corrected chi connectivity index (χ3v) is 11.7. The van der Waals surface area contributed by atoms with Crippen molar-refractivity contribution in [3.05, 3.63) is 182 Å². The van der Waals surface area contributed by atoms with Crippen LogP contribution in [0.5, 0.6) is 0 Å². The van der Waals surface area contributed by atoms with Crippen molar-refractivity contribution in [1.82, 2.24) is 19.9 Å². The van der Waals surface area contributed by atoms with E-state index in [-0.39, 0.29) is 0 Å². The molecule has 11 rings (SSSR count). The Kier molecular flexibility index (Phi) is 7.60. The van der Waals surface area contributed by atoms with Crippen LogP contribution < -0.4 is 0 Å². The van der Waals surface area contributed by atoms with E-state index in [4.69, 9.17) is 19.4 Å². The number of para-hydroxylation sites is 1. The first-order valence-corrected chi connectivity index (χ1v) is 19.4. The smallest absolute Gasteiger partial charge is 0.164 e. The van der Waals surface area contributed by atoms with E-state index in [0.717, 1.165) is 60.9 Å². The van der Waals surface area contributed by atoms with Gasteiger partial charge in [0.1, 0.15) is 11.2 Å². The highest BCUT2D eigenvalue weighted by Crippen LogP contribution is 2.46. The lowest BCUT2D eigenvalue weighted by Crippen LogP contribution is -2.01. The molecule has 0 amide bonds. The third kappa shape index (κ3) is 5.38. The lowest BCUT2D eigenvalue weighted by molar-refractivity contribution is 0.670. The quantitative estimate of drug-likeness (QED) is 0.170. The molecule has 0 aliphatic rings. The summed E-state index contributed by atoms with van der Waals surface area (Å²) in [7, 11) is 0. The maximum atomic E-state index is 6.73. The first-order valence-electron chi connectivity index (χ1n) is 18.5. The molecule has 4 heterocycles. The molecule has 0 saturated heterocycles. The van der Waals surface area contributed by atoms with Crippen LogP contribution in [0.2, 0.25) is 0 Å². The number of aromatic nitrogens is 4. The van der Waals surface area contributed by atoms with Gasteiger partial charge in [0, 0.05) is 76.7 Å². The zero-order valence-corrected chi connectivity index (χ0v) is 30.7. The van der Waals surface area contributed by atoms with Crippen LogP contribution in [0.25, 0.3) is 110 Å². The fourth-order valence-electron chi connectivity index (χ4n) is 7.83. The molecule has 0 spiro atoms. The third-order valence-electron chi connectivity index (χ3n) is 10.5. The maximum absolute atomic E-state index is 6.73. The summed E-state index contributed by atoms with van der Waals surface area (Å²) >= 11 is 1.85. The van der Waals surface area contributed by atoms with E-state index in [1.165, 1.54) is 31.3 Å². The highest BCUT2D eigenvalue weighted by atomic mass is 32.1. The Morgan fingerprint density at radius 2 is 1.02 bits per heavy atom. The van der Waals surface area contributed by atoms with Crippen LogP contribution in [-0.2, 0) is 0 Å². The standard InChI is InChI=1S/C50H30N4OS/c1-2-12-32(13-3-1)48-52-49(54-50(53-48)41-17-5-4-15-35(41)34-14-11-29-51-30-34)33-25-23-31(24-26-33)36-27-28-38(45-42-18-6-8-21-43(42)55-46(36)45)40-20-10-19-39-37-16-7-9-22-44(37)56-47(39)40/h1-30H. The summed E-state index contributed by atoms with van der Waals surface area (Å²) in [4.78, 5) is 19.5. The highest BCUT2D eigenvalue weighted by Gasteiger charge is 2.20. The van der Waals surface area contributed by atoms with E-state index in [0.29, 0.717) is 17.5 Å². The number of hydrogen-bond donors (Lipinski definition) is 0. The summed E-state index contributed by atoms with van der Waals surface area (Å²) in [6.07, 6.45) is 3.65. The number of benzene rings is 7. The maximum Gasteiger partial charge on any atom is 0.164 e. The van der Waals surface area contributed by atoms with Gasteiger partial charge in [0.25, 0.3) is 0 Å². The van der Waals surface area contributed by atoms with Crippen LogP contribution in [0.4, 0.5) is 0 Å². The SMILES string of the molecule is c1ccc(-c2nc(-c3ccc(-c4ccc(-c5cccc6c5sc5ccccc56)c5c4oc4ccccc45)cc3)nc(-c3ccccc3-c3cccnc3)n2)cc1. The topological polar surface area (TPSA) is 64.7 Å². The van der Waals surface area contributed by atoms with E-state index >= 15 is 0 Å². The summed E-state index contributed by atoms with van der Waals surface area (Å²) in [5, 5.41) is 4.79. The Labute approximate surface area is 326 Å². The van der Waals surface area contributed by atoms with E-state index in [2.05, 4.69) is 120 Å². The van der Waals surface area contributed by atoms with Crippen LogP contribution >= 0.6 is 11.3 Å². The average Bonchev–Trinajstić information content (AvgIpc) is 3.86. The monoisotopic (exact) mass is 734 g/mol. The van der Waals surface area contributed by atoms with E-state index in [1.54, 1.807) is 6.20 Å². The number of thiophene rings is 1. The van der Waals surface area contributed by atoms with Crippen molar-refractivity contribution in [2.45, 2.75) is 0 Å². The molecule has 0 aliphatic heterocycles. The second-order valence-corrected chi connectivity index (χ2v) is 14.8. The molecule has 6 heteroatoms. The Morgan fingerprint density at radius 1 is 0.393 bits per heavy atom. The van der Waals surface area contributed by atoms with Gasteiger partial charge in [0.15, 0.2) is 17.5 Å². The molecule has 0 atom stereocenters. The van der Waals surface area contributed by atoms with Crippen molar-refractivity contribution in [2.75, 3.05) is 0 Å². The van der Waals surface area contributed by atoms with Crippen LogP contribution in [0.3, 0.4) is 0 Å². The number of hydrogen-bond acceptors (Lipinski definition) is 6. The Morgan fingerprint density at radius 3 is 1.84 bits per heavy atom. The summed E-state index contributed by atoms with van der Waals surface area (Å²) in [6.45, 7) is 0. The first-order chi connectivity index (χ1) is 27.8. The number of nitrogens with zero attached hydrogens (tertiary/aromatic N) is 4. The number of rotatable bonds is 6. The first kappa shape index (κ1) is 32.2. The van der Waals surface area contributed by atoms with Gasteiger partial charge in [-0.3, -0.25) is 4.98 Å². The van der Waals surface area contributed by atoms with Crippen LogP contribution in [-0.4, -0.2) is 19.9 Å². The van der Waals surface area contributed by atoms with Crippen molar-refractivity contribution in [1.29, 1.82) is 0 Å². The van der Waals surface area contributed by atoms with Crippen molar-refractivity contribution in [3.63, 3.8) is 0 Å². The van der Waals surface area contributed by atoms with Gasteiger partial charge in [0.05, 0.1) is 0 Å². The predicted molar refractivity (Wildman–Crippen MR) is 230 cm³/mol. The minimum atomic E-state index is 0.599. The molecule has 5 nitrogen and oxygen atoms in total. The Hall–Kier alpha value is -7.28. The average molecular weight is 735 g/mol. The minimum absolute atomic E-state index is 0.599. The lowest BCUT2D eigenvalue weighted by Gasteiger charge is -2.12. The zero-order chi connectivity index (χ0) is 37.0. The highest BCUT2D eigenvalue weighted by molar-refractivity contribution is 7.26. The molecular weight excluding hydrogens is 705 g/mol. The second kappa shape index (κ2) is 13.2. The molecule has 0 unspecified atom stereocenters. The molecule has 0 radical (unpaired) electrons. The Bertz CT molecular complexity index is 3240. The fraction of sp³-hybridized carbons (Fsp3) is 0. The molecule has 56 heavy (non-hydrogen) atoms. The van der Waals surface area contributed by atoms with Crippen LogP contribution in [0.1, 0.15) is 0 Å². The molecule has 4 aromatic heterocycles. The van der Waals surface area contributed by atoms with Crippen LogP contribution in [0, 0.1) is 0 Å². The van der Waals surface area contributed by atoms with Gasteiger partial charge in [0.2, 0.25) is 0 Å². The van der Waals surface area contributed by atoms with Gasteiger partial charge >= 0.3 is 0 Å². The number of fused-ring (bicyclic) bond motifs is 6. The van der Waals surface area contributed by atoms with Crippen molar-refractivity contribution < 1.29 is 4.42 Å². The lowest BCUT2D eigenvalue weighted by atomic mass is 9.93. The van der Waals surface area contributed by atoms with Crippen molar-refractivity contribution >= 4 is 53.4 Å². The largest absolute Gasteiger partial charge is 0.455 e. The summed E-state index contributed by atoms with van der Waals surface area (Å²) < 4.78 is 9.30. The molecule has 11 aromatic rings. The van der Waals surface area contributed by atoms with Gasteiger partial charge in [-0.15, -0.1) is 11.3 Å². The van der Waals surface area contributed by atoms with Gasteiger partial charge in [-0.1, -0.05) is 146 Å². The fourth-order valence-corrected chi connectivity index (χ4v) is 9.06. The predicted octanol–water partition coefficient (Wildman–Crippen LogP) is 13.5. The van der Waals surface area contributed by atoms with E-state index in [1.807, 2.05) is 72.1 Å². The number of furan rings is 1. The molecule has 7 aromatic carbocycles. The van der Waals surface area contributed by atoms with Crippen molar-refractivity contribution in [3.8, 4) is 67.5 Å². The van der Waals surface area contributed by atoms with Crippen LogP contribution in [0.15, 0.2) is 187 Å². The molecule has 262 valence electrons. The molecule has 0 aliphatic carbocycles. The van der Waals surface area contributed by atoms with Gasteiger partial charge < -0.3 is 4.42 Å².